The molecule has 0 spiro atoms. The fraction of sp³-hybridized carbons (Fsp3) is 0.200. The second-order valence-corrected chi connectivity index (χ2v) is 16.2. The number of benzene rings is 5. The van der Waals surface area contributed by atoms with Crippen molar-refractivity contribution in [2.24, 2.45) is 36.6 Å². The Labute approximate surface area is 334 Å². The summed E-state index contributed by atoms with van der Waals surface area (Å²) in [6, 6.07) is 20.5. The van der Waals surface area contributed by atoms with Gasteiger partial charge in [0.2, 0.25) is 0 Å². The van der Waals surface area contributed by atoms with Crippen molar-refractivity contribution in [3.8, 4) is 17.2 Å². The van der Waals surface area contributed by atoms with Gasteiger partial charge in [0.25, 0.3) is 20.2 Å². The molecule has 4 N–H and O–H groups in total. The first kappa shape index (κ1) is 41.3. The van der Waals surface area contributed by atoms with Gasteiger partial charge in [-0.1, -0.05) is 19.1 Å². The number of hydrogen-bond acceptors (Lipinski definition) is 14. The lowest BCUT2D eigenvalue weighted by atomic mass is 9.92. The number of fused-ring (bicyclic) bond motifs is 1. The van der Waals surface area contributed by atoms with Gasteiger partial charge in [0.1, 0.15) is 32.7 Å². The molecule has 5 aromatic rings. The van der Waals surface area contributed by atoms with E-state index >= 15 is 0 Å². The van der Waals surface area contributed by atoms with E-state index in [4.69, 9.17) is 9.47 Å². The van der Waals surface area contributed by atoms with Gasteiger partial charge in [-0.3, -0.25) is 9.11 Å². The van der Waals surface area contributed by atoms with Crippen molar-refractivity contribution < 1.29 is 40.5 Å². The molecular formula is C40H39N7O9S2. The fourth-order valence-electron chi connectivity index (χ4n) is 6.04. The maximum absolute atomic E-state index is 12.5. The molecule has 0 radical (unpaired) electrons. The third-order valence-electron chi connectivity index (χ3n) is 9.27. The number of aryl methyl sites for hydroxylation is 2. The van der Waals surface area contributed by atoms with Gasteiger partial charge in [0.05, 0.1) is 37.3 Å². The summed E-state index contributed by atoms with van der Waals surface area (Å²) < 4.78 is 79.0. The lowest BCUT2D eigenvalue weighted by molar-refractivity contribution is 0.412. The number of allylic oxidation sites excluding steroid dienone is 1. The predicted molar refractivity (Wildman–Crippen MR) is 218 cm³/mol. The molecule has 1 aliphatic carbocycles. The van der Waals surface area contributed by atoms with Gasteiger partial charge in [0.15, 0.2) is 5.75 Å². The Balaban J connectivity index is 1.21. The molecule has 0 saturated carbocycles. The molecule has 0 heterocycles. The van der Waals surface area contributed by atoms with Crippen LogP contribution in [0.2, 0.25) is 0 Å². The Hall–Kier alpha value is -6.34. The molecule has 1 aliphatic rings. The fourth-order valence-corrected chi connectivity index (χ4v) is 7.34. The van der Waals surface area contributed by atoms with Crippen LogP contribution in [0.5, 0.6) is 17.2 Å². The van der Waals surface area contributed by atoms with E-state index in [1.54, 1.807) is 69.5 Å². The molecule has 16 nitrogen and oxygen atoms in total. The summed E-state index contributed by atoms with van der Waals surface area (Å²) >= 11 is 0. The molecule has 2 unspecified atom stereocenters. The Morgan fingerprint density at radius 2 is 1.24 bits per heavy atom. The van der Waals surface area contributed by atoms with Crippen LogP contribution >= 0.6 is 0 Å². The van der Waals surface area contributed by atoms with E-state index in [2.05, 4.69) is 36.0 Å². The molecule has 18 heteroatoms. The summed E-state index contributed by atoms with van der Waals surface area (Å²) in [5.74, 6) is 0.224. The van der Waals surface area contributed by atoms with E-state index in [1.807, 2.05) is 32.1 Å². The molecule has 0 aliphatic heterocycles. The monoisotopic (exact) mass is 825 g/mol. The summed E-state index contributed by atoms with van der Waals surface area (Å²) in [7, 11) is -6.49. The number of anilines is 2. The summed E-state index contributed by atoms with van der Waals surface area (Å²) in [6.45, 7) is 7.29. The summed E-state index contributed by atoms with van der Waals surface area (Å²) in [5.41, 5.74) is 4.38. The van der Waals surface area contributed by atoms with E-state index < -0.39 is 47.5 Å². The van der Waals surface area contributed by atoms with Crippen molar-refractivity contribution in [2.45, 2.75) is 43.5 Å². The molecular weight excluding hydrogens is 787 g/mol. The SMILES string of the molecule is COc1ccc(Nc2ccc3c(O)c(N=NC4=CC(C)C(N=Nc5cc(C)c(N=Nc6ccc(OC)cc6S(=O)(=O)O)cc5C)C=C4C)c(S(=O)(=O)O)cc3c2)cc1. The van der Waals surface area contributed by atoms with E-state index in [-0.39, 0.29) is 17.4 Å². The van der Waals surface area contributed by atoms with Crippen LogP contribution in [0, 0.1) is 19.8 Å². The van der Waals surface area contributed by atoms with Crippen LogP contribution in [0.15, 0.2) is 143 Å². The van der Waals surface area contributed by atoms with Gasteiger partial charge in [0, 0.05) is 28.7 Å². The third kappa shape index (κ3) is 9.26. The normalized spacial score (nSPS) is 16.3. The van der Waals surface area contributed by atoms with Crippen LogP contribution in [-0.4, -0.2) is 51.3 Å². The Morgan fingerprint density at radius 1 is 0.638 bits per heavy atom. The molecule has 0 aromatic heterocycles. The van der Waals surface area contributed by atoms with Crippen molar-refractivity contribution in [2.75, 3.05) is 19.5 Å². The van der Waals surface area contributed by atoms with Gasteiger partial charge in [-0.15, -0.1) is 10.2 Å². The highest BCUT2D eigenvalue weighted by atomic mass is 32.2. The van der Waals surface area contributed by atoms with Crippen molar-refractivity contribution in [1.29, 1.82) is 0 Å². The van der Waals surface area contributed by atoms with Crippen LogP contribution in [0.1, 0.15) is 25.0 Å². The highest BCUT2D eigenvalue weighted by molar-refractivity contribution is 7.86. The van der Waals surface area contributed by atoms with Crippen LogP contribution in [0.25, 0.3) is 10.8 Å². The first-order valence-electron chi connectivity index (χ1n) is 17.5. The van der Waals surface area contributed by atoms with Crippen LogP contribution < -0.4 is 14.8 Å². The zero-order chi connectivity index (χ0) is 41.9. The van der Waals surface area contributed by atoms with Crippen molar-refractivity contribution in [3.63, 3.8) is 0 Å². The number of nitrogens with one attached hydrogen (secondary N) is 1. The van der Waals surface area contributed by atoms with E-state index in [0.29, 0.717) is 50.4 Å². The van der Waals surface area contributed by atoms with Gasteiger partial charge in [-0.05, 0) is 116 Å². The molecule has 2 atom stereocenters. The van der Waals surface area contributed by atoms with Crippen LogP contribution in [0.4, 0.5) is 34.1 Å². The number of azo groups is 3. The minimum absolute atomic E-state index is 0.0640. The third-order valence-corrected chi connectivity index (χ3v) is 11.0. The van der Waals surface area contributed by atoms with Gasteiger partial charge in [-0.2, -0.15) is 37.3 Å². The molecule has 5 aromatic carbocycles. The maximum atomic E-state index is 12.5. The topological polar surface area (TPSA) is 234 Å². The maximum Gasteiger partial charge on any atom is 0.296 e. The lowest BCUT2D eigenvalue weighted by Gasteiger charge is -2.20. The van der Waals surface area contributed by atoms with E-state index in [1.165, 1.54) is 25.3 Å². The average Bonchev–Trinajstić information content (AvgIpc) is 3.17. The summed E-state index contributed by atoms with van der Waals surface area (Å²) in [6.07, 6.45) is 3.64. The number of ether oxygens (including phenoxy) is 2. The van der Waals surface area contributed by atoms with E-state index in [9.17, 15) is 31.0 Å². The number of nitrogens with zero attached hydrogens (tertiary/aromatic N) is 6. The number of phenolic OH excluding ortho intramolecular Hbond substituents is 1. The highest BCUT2D eigenvalue weighted by Gasteiger charge is 2.24. The summed E-state index contributed by atoms with van der Waals surface area (Å²) in [5, 5.41) is 40.8. The number of hydrogen-bond donors (Lipinski definition) is 4. The zero-order valence-electron chi connectivity index (χ0n) is 32.1. The number of methoxy groups -OCH3 is 2. The predicted octanol–water partition coefficient (Wildman–Crippen LogP) is 10.5. The Morgan fingerprint density at radius 3 is 1.88 bits per heavy atom. The molecule has 6 rings (SSSR count). The molecule has 0 bridgehead atoms. The smallest absolute Gasteiger partial charge is 0.296 e. The number of rotatable bonds is 12. The minimum atomic E-state index is -4.84. The number of aromatic hydroxyl groups is 1. The van der Waals surface area contributed by atoms with Crippen molar-refractivity contribution in [1.82, 2.24) is 0 Å². The van der Waals surface area contributed by atoms with Gasteiger partial charge >= 0.3 is 0 Å². The van der Waals surface area contributed by atoms with Gasteiger partial charge in [-0.25, -0.2) is 0 Å². The van der Waals surface area contributed by atoms with Crippen LogP contribution in [0.3, 0.4) is 0 Å². The van der Waals surface area contributed by atoms with Crippen molar-refractivity contribution >= 4 is 65.1 Å². The first-order valence-corrected chi connectivity index (χ1v) is 20.4. The van der Waals surface area contributed by atoms with Crippen LogP contribution in [-0.2, 0) is 20.2 Å². The minimum Gasteiger partial charge on any atom is -0.505 e. The van der Waals surface area contributed by atoms with Crippen molar-refractivity contribution in [3.05, 3.63) is 113 Å². The van der Waals surface area contributed by atoms with E-state index in [0.717, 1.165) is 17.3 Å². The molecule has 0 fully saturated rings. The molecule has 300 valence electrons. The van der Waals surface area contributed by atoms with Gasteiger partial charge < -0.3 is 19.9 Å². The average molecular weight is 826 g/mol. The number of phenols is 1. The Kier molecular flexibility index (Phi) is 11.8. The standard InChI is InChI=1S/C40H39N7O9S2/c1-22-16-34(23(2)15-33(22)43-42-32-14-12-30(56-6)21-37(32)57(49,50)51)44-45-35-17-25(4)36(18-24(35)3)46-47-39-38(58(52,53)54)20-26-19-28(9-13-31(26)40(39)48)41-27-7-10-29(55-5)11-8-27/h7-21,24,35,41,48H,1-6H3,(H,49,50,51)(H,52,53,54). The largest absolute Gasteiger partial charge is 0.505 e. The highest BCUT2D eigenvalue weighted by Crippen LogP contribution is 2.43. The zero-order valence-corrected chi connectivity index (χ0v) is 33.7. The second kappa shape index (κ2) is 16.6. The molecule has 58 heavy (non-hydrogen) atoms. The quantitative estimate of drug-likeness (QED) is 0.0686. The molecule has 0 saturated heterocycles. The lowest BCUT2D eigenvalue weighted by Crippen LogP contribution is -2.15. The first-order chi connectivity index (χ1) is 27.4. The second-order valence-electron chi connectivity index (χ2n) is 13.4. The molecule has 0 amide bonds. The summed E-state index contributed by atoms with van der Waals surface area (Å²) in [4.78, 5) is -1.05. The Bertz CT molecular complexity index is 2800.